The standard InChI is InChI=1S/C20H18N2O7S/c1-12-10-13(5-7-16(12)22-9-3-4-17(22)19(24)25)21-30(27,28)14-6-8-18(23)15(11-14)20(26)29-2/h3-11,21,23H,1-2H3,(H,24,25). The Morgan fingerprint density at radius 3 is 2.47 bits per heavy atom. The lowest BCUT2D eigenvalue weighted by Crippen LogP contribution is -2.14. The van der Waals surface area contributed by atoms with Gasteiger partial charge in [0.2, 0.25) is 0 Å². The van der Waals surface area contributed by atoms with Crippen molar-refractivity contribution in [3.05, 3.63) is 71.5 Å². The fourth-order valence-corrected chi connectivity index (χ4v) is 4.00. The van der Waals surface area contributed by atoms with Crippen LogP contribution in [-0.2, 0) is 14.8 Å². The van der Waals surface area contributed by atoms with Crippen LogP contribution in [0.1, 0.15) is 26.4 Å². The van der Waals surface area contributed by atoms with Gasteiger partial charge in [-0.2, -0.15) is 0 Å². The second kappa shape index (κ2) is 7.91. The number of anilines is 1. The molecule has 30 heavy (non-hydrogen) atoms. The number of nitrogens with one attached hydrogen (secondary N) is 1. The van der Waals surface area contributed by atoms with Crippen molar-refractivity contribution in [3.8, 4) is 11.4 Å². The lowest BCUT2D eigenvalue weighted by Gasteiger charge is -2.14. The van der Waals surface area contributed by atoms with Crippen molar-refractivity contribution in [1.29, 1.82) is 0 Å². The third kappa shape index (κ3) is 3.98. The normalized spacial score (nSPS) is 11.1. The molecule has 2 aromatic carbocycles. The molecule has 3 rings (SSSR count). The van der Waals surface area contributed by atoms with Gasteiger partial charge in [-0.1, -0.05) is 0 Å². The third-order valence-corrected chi connectivity index (χ3v) is 5.74. The number of benzene rings is 2. The molecule has 3 N–H and O–H groups in total. The van der Waals surface area contributed by atoms with Crippen LogP contribution in [-0.4, -0.2) is 42.2 Å². The SMILES string of the molecule is COC(=O)c1cc(S(=O)(=O)Nc2ccc(-n3cccc3C(=O)O)c(C)c2)ccc1O. The minimum Gasteiger partial charge on any atom is -0.507 e. The van der Waals surface area contributed by atoms with E-state index in [0.29, 0.717) is 11.3 Å². The number of aryl methyl sites for hydroxylation is 1. The Hall–Kier alpha value is -3.79. The number of nitrogens with zero attached hydrogens (tertiary/aromatic N) is 1. The summed E-state index contributed by atoms with van der Waals surface area (Å²) >= 11 is 0. The number of phenolic OH excluding ortho intramolecular Hbond substituents is 1. The van der Waals surface area contributed by atoms with E-state index in [4.69, 9.17) is 0 Å². The number of carbonyl (C=O) groups excluding carboxylic acids is 1. The number of aromatic nitrogens is 1. The zero-order chi connectivity index (χ0) is 22.1. The molecule has 0 atom stereocenters. The molecule has 0 aliphatic carbocycles. The van der Waals surface area contributed by atoms with Gasteiger partial charge in [-0.25, -0.2) is 18.0 Å². The molecule has 0 saturated carbocycles. The summed E-state index contributed by atoms with van der Waals surface area (Å²) in [7, 11) is -2.95. The molecule has 3 aromatic rings. The van der Waals surface area contributed by atoms with Crippen LogP contribution >= 0.6 is 0 Å². The van der Waals surface area contributed by atoms with Crippen molar-refractivity contribution in [2.45, 2.75) is 11.8 Å². The van der Waals surface area contributed by atoms with Gasteiger partial charge in [0.05, 0.1) is 12.0 Å². The van der Waals surface area contributed by atoms with Gasteiger partial charge < -0.3 is 19.5 Å². The first-order valence-electron chi connectivity index (χ1n) is 8.60. The third-order valence-electron chi connectivity index (χ3n) is 4.36. The average Bonchev–Trinajstić information content (AvgIpc) is 3.17. The fraction of sp³-hybridized carbons (Fsp3) is 0.100. The Morgan fingerprint density at radius 2 is 1.83 bits per heavy atom. The number of aromatic carboxylic acids is 1. The Morgan fingerprint density at radius 1 is 1.10 bits per heavy atom. The van der Waals surface area contributed by atoms with Gasteiger partial charge in [0.15, 0.2) is 0 Å². The highest BCUT2D eigenvalue weighted by Crippen LogP contribution is 2.26. The number of carboxylic acids is 1. The number of rotatable bonds is 6. The van der Waals surface area contributed by atoms with Crippen LogP contribution < -0.4 is 4.72 Å². The van der Waals surface area contributed by atoms with E-state index in [9.17, 15) is 28.2 Å². The van der Waals surface area contributed by atoms with Gasteiger partial charge >= 0.3 is 11.9 Å². The summed E-state index contributed by atoms with van der Waals surface area (Å²) in [5.41, 5.74) is 1.26. The van der Waals surface area contributed by atoms with Crippen LogP contribution in [0.2, 0.25) is 0 Å². The maximum absolute atomic E-state index is 12.7. The van der Waals surface area contributed by atoms with Crippen LogP contribution in [0.25, 0.3) is 5.69 Å². The van der Waals surface area contributed by atoms with E-state index in [1.54, 1.807) is 31.3 Å². The van der Waals surface area contributed by atoms with Crippen molar-refractivity contribution in [2.24, 2.45) is 0 Å². The number of sulfonamides is 1. The van der Waals surface area contributed by atoms with Crippen molar-refractivity contribution in [1.82, 2.24) is 4.57 Å². The van der Waals surface area contributed by atoms with Crippen LogP contribution in [0.5, 0.6) is 5.75 Å². The van der Waals surface area contributed by atoms with E-state index < -0.39 is 27.7 Å². The summed E-state index contributed by atoms with van der Waals surface area (Å²) in [4.78, 5) is 22.8. The minimum atomic E-state index is -4.07. The predicted octanol–water partition coefficient (Wildman–Crippen LogP) is 2.78. The monoisotopic (exact) mass is 430 g/mol. The highest BCUT2D eigenvalue weighted by molar-refractivity contribution is 7.92. The summed E-state index contributed by atoms with van der Waals surface area (Å²) in [6, 6.07) is 11.0. The quantitative estimate of drug-likeness (QED) is 0.512. The number of ether oxygens (including phenoxy) is 1. The first kappa shape index (κ1) is 20.9. The van der Waals surface area contributed by atoms with Gasteiger partial charge in [-0.3, -0.25) is 4.72 Å². The van der Waals surface area contributed by atoms with Gasteiger partial charge in [0.25, 0.3) is 10.0 Å². The molecule has 0 amide bonds. The van der Waals surface area contributed by atoms with E-state index in [1.807, 2.05) is 0 Å². The molecule has 10 heteroatoms. The molecule has 1 aromatic heterocycles. The zero-order valence-electron chi connectivity index (χ0n) is 16.0. The summed E-state index contributed by atoms with van der Waals surface area (Å²) in [6.07, 6.45) is 1.60. The second-order valence-electron chi connectivity index (χ2n) is 6.35. The largest absolute Gasteiger partial charge is 0.507 e. The lowest BCUT2D eigenvalue weighted by atomic mass is 10.1. The summed E-state index contributed by atoms with van der Waals surface area (Å²) < 4.78 is 33.9. The van der Waals surface area contributed by atoms with Crippen molar-refractivity contribution < 1.29 is 33.0 Å². The summed E-state index contributed by atoms with van der Waals surface area (Å²) in [5, 5.41) is 19.0. The molecule has 0 bridgehead atoms. The van der Waals surface area contributed by atoms with Crippen LogP contribution in [0.15, 0.2) is 59.6 Å². The molecule has 0 unspecified atom stereocenters. The van der Waals surface area contributed by atoms with E-state index in [2.05, 4.69) is 9.46 Å². The maximum Gasteiger partial charge on any atom is 0.352 e. The Bertz CT molecular complexity index is 1250. The molecule has 0 spiro atoms. The number of methoxy groups -OCH3 is 1. The smallest absolute Gasteiger partial charge is 0.352 e. The number of hydrogen-bond acceptors (Lipinski definition) is 6. The first-order chi connectivity index (χ1) is 14.1. The second-order valence-corrected chi connectivity index (χ2v) is 8.03. The van der Waals surface area contributed by atoms with E-state index in [0.717, 1.165) is 25.3 Å². The fourth-order valence-electron chi connectivity index (χ4n) is 2.92. The molecule has 0 radical (unpaired) electrons. The molecule has 1 heterocycles. The first-order valence-corrected chi connectivity index (χ1v) is 10.1. The number of carboxylic acid groups (broad SMARTS) is 1. The predicted molar refractivity (Wildman–Crippen MR) is 108 cm³/mol. The molecule has 156 valence electrons. The van der Waals surface area contributed by atoms with E-state index in [1.165, 1.54) is 16.7 Å². The minimum absolute atomic E-state index is 0.0749. The average molecular weight is 430 g/mol. The molecular weight excluding hydrogens is 412 g/mol. The van der Waals surface area contributed by atoms with Gasteiger partial charge in [-0.15, -0.1) is 0 Å². The Balaban J connectivity index is 1.93. The summed E-state index contributed by atoms with van der Waals surface area (Å²) in [5.74, 6) is -2.36. The van der Waals surface area contributed by atoms with Gasteiger partial charge in [0, 0.05) is 17.6 Å². The van der Waals surface area contributed by atoms with Gasteiger partial charge in [-0.05, 0) is 61.0 Å². The Labute approximate surface area is 172 Å². The number of carbonyl (C=O) groups is 2. The lowest BCUT2D eigenvalue weighted by molar-refractivity contribution is 0.0596. The van der Waals surface area contributed by atoms with Crippen LogP contribution in [0.4, 0.5) is 5.69 Å². The summed E-state index contributed by atoms with van der Waals surface area (Å²) in [6.45, 7) is 1.72. The molecular formula is C20H18N2O7S. The number of phenols is 1. The molecule has 9 nitrogen and oxygen atoms in total. The highest BCUT2D eigenvalue weighted by atomic mass is 32.2. The number of aromatic hydroxyl groups is 1. The highest BCUT2D eigenvalue weighted by Gasteiger charge is 2.20. The topological polar surface area (TPSA) is 135 Å². The van der Waals surface area contributed by atoms with Gasteiger partial charge in [0.1, 0.15) is 17.0 Å². The molecule has 0 aliphatic rings. The van der Waals surface area contributed by atoms with Crippen LogP contribution in [0, 0.1) is 6.92 Å². The van der Waals surface area contributed by atoms with E-state index in [-0.39, 0.29) is 21.8 Å². The molecule has 0 fully saturated rings. The number of hydrogen-bond donors (Lipinski definition) is 3. The van der Waals surface area contributed by atoms with Crippen molar-refractivity contribution in [3.63, 3.8) is 0 Å². The van der Waals surface area contributed by atoms with Crippen molar-refractivity contribution in [2.75, 3.05) is 11.8 Å². The maximum atomic E-state index is 12.7. The Kier molecular flexibility index (Phi) is 5.52. The van der Waals surface area contributed by atoms with E-state index >= 15 is 0 Å². The molecule has 0 saturated heterocycles. The molecule has 0 aliphatic heterocycles. The number of esters is 1. The zero-order valence-corrected chi connectivity index (χ0v) is 16.8. The van der Waals surface area contributed by atoms with Crippen molar-refractivity contribution >= 4 is 27.6 Å². The van der Waals surface area contributed by atoms with Crippen LogP contribution in [0.3, 0.4) is 0 Å².